The topological polar surface area (TPSA) is 59.0 Å². The first-order valence-electron chi connectivity index (χ1n) is 6.70. The maximum Gasteiger partial charge on any atom is 0.248 e. The molecule has 1 aromatic rings. The summed E-state index contributed by atoms with van der Waals surface area (Å²) in [5.41, 5.74) is 0.824. The number of carbonyl (C=O) groups excluding carboxylic acids is 1. The number of hydrogen-bond donors (Lipinski definition) is 1. The molecular weight excluding hydrogens is 270 g/mol. The highest BCUT2D eigenvalue weighted by Crippen LogP contribution is 2.23. The minimum Gasteiger partial charge on any atom is -0.497 e. The van der Waals surface area contributed by atoms with Crippen molar-refractivity contribution in [2.75, 3.05) is 20.8 Å². The maximum atomic E-state index is 11.7. The number of hydrogen-bond acceptors (Lipinski definition) is 4. The molecule has 5 nitrogen and oxygen atoms in total. The monoisotopic (exact) mass is 289 g/mol. The Kier molecular flexibility index (Phi) is 5.00. The van der Waals surface area contributed by atoms with Gasteiger partial charge in [-0.3, -0.25) is 4.79 Å². The standard InChI is InChI=1S/C16H19NO4/c1-20-13-9-12(10-14(11-13)21-2)6-7-16(19)17-8-4-3-5-15(17)18/h3,5-7,9-11,16,19H,4,8H2,1-2H3/b7-6+. The van der Waals surface area contributed by atoms with Gasteiger partial charge in [0.05, 0.1) is 14.2 Å². The number of rotatable bonds is 5. The van der Waals surface area contributed by atoms with E-state index < -0.39 is 6.23 Å². The van der Waals surface area contributed by atoms with Gasteiger partial charge in [0, 0.05) is 12.6 Å². The van der Waals surface area contributed by atoms with Crippen LogP contribution in [0.5, 0.6) is 11.5 Å². The molecule has 0 radical (unpaired) electrons. The fraction of sp³-hybridized carbons (Fsp3) is 0.312. The van der Waals surface area contributed by atoms with Gasteiger partial charge in [-0.15, -0.1) is 0 Å². The minimum absolute atomic E-state index is 0.179. The zero-order valence-electron chi connectivity index (χ0n) is 12.2. The van der Waals surface area contributed by atoms with Crippen LogP contribution >= 0.6 is 0 Å². The fourth-order valence-electron chi connectivity index (χ4n) is 2.09. The number of nitrogens with zero attached hydrogens (tertiary/aromatic N) is 1. The Morgan fingerprint density at radius 2 is 1.90 bits per heavy atom. The quantitative estimate of drug-likeness (QED) is 0.898. The van der Waals surface area contributed by atoms with Crippen molar-refractivity contribution in [2.45, 2.75) is 12.6 Å². The summed E-state index contributed by atoms with van der Waals surface area (Å²) >= 11 is 0. The zero-order chi connectivity index (χ0) is 15.2. The van der Waals surface area contributed by atoms with E-state index in [0.717, 1.165) is 12.0 Å². The number of amides is 1. The van der Waals surface area contributed by atoms with Crippen molar-refractivity contribution in [3.8, 4) is 11.5 Å². The van der Waals surface area contributed by atoms with Gasteiger partial charge >= 0.3 is 0 Å². The Hall–Kier alpha value is -2.27. The Morgan fingerprint density at radius 1 is 1.24 bits per heavy atom. The third-order valence-corrected chi connectivity index (χ3v) is 3.23. The SMILES string of the molecule is COc1cc(/C=C/C(O)N2CCC=CC2=O)cc(OC)c1. The predicted molar refractivity (Wildman–Crippen MR) is 80.1 cm³/mol. The molecular formula is C16H19NO4. The smallest absolute Gasteiger partial charge is 0.248 e. The first-order valence-corrected chi connectivity index (χ1v) is 6.70. The van der Waals surface area contributed by atoms with Crippen LogP contribution in [0, 0.1) is 0 Å². The molecule has 1 aromatic carbocycles. The number of benzene rings is 1. The molecule has 1 atom stereocenters. The summed E-state index contributed by atoms with van der Waals surface area (Å²) in [5, 5.41) is 10.1. The van der Waals surface area contributed by atoms with Gasteiger partial charge in [0.1, 0.15) is 17.7 Å². The van der Waals surface area contributed by atoms with Crippen LogP contribution in [0.25, 0.3) is 6.08 Å². The molecule has 21 heavy (non-hydrogen) atoms. The van der Waals surface area contributed by atoms with Gasteiger partial charge in [0.25, 0.3) is 0 Å². The number of aliphatic hydroxyl groups is 1. The number of ether oxygens (including phenoxy) is 2. The van der Waals surface area contributed by atoms with Crippen molar-refractivity contribution in [2.24, 2.45) is 0 Å². The molecule has 0 bridgehead atoms. The summed E-state index contributed by atoms with van der Waals surface area (Å²) in [4.78, 5) is 13.1. The van der Waals surface area contributed by atoms with Gasteiger partial charge in [-0.1, -0.05) is 12.2 Å². The van der Waals surface area contributed by atoms with Crippen molar-refractivity contribution in [3.05, 3.63) is 42.0 Å². The summed E-state index contributed by atoms with van der Waals surface area (Å²) in [7, 11) is 3.16. The lowest BCUT2D eigenvalue weighted by Crippen LogP contribution is -2.40. The second-order valence-corrected chi connectivity index (χ2v) is 4.64. The van der Waals surface area contributed by atoms with Crippen molar-refractivity contribution in [1.29, 1.82) is 0 Å². The molecule has 0 aromatic heterocycles. The van der Waals surface area contributed by atoms with Crippen molar-refractivity contribution in [3.63, 3.8) is 0 Å². The van der Waals surface area contributed by atoms with Crippen LogP contribution in [0.3, 0.4) is 0 Å². The van der Waals surface area contributed by atoms with Crippen LogP contribution in [-0.2, 0) is 4.79 Å². The van der Waals surface area contributed by atoms with E-state index in [1.807, 2.05) is 18.2 Å². The van der Waals surface area contributed by atoms with Gasteiger partial charge in [0.2, 0.25) is 5.91 Å². The van der Waals surface area contributed by atoms with Crippen LogP contribution in [0.2, 0.25) is 0 Å². The Balaban J connectivity index is 2.13. The normalized spacial score (nSPS) is 16.3. The first-order chi connectivity index (χ1) is 10.1. The summed E-state index contributed by atoms with van der Waals surface area (Å²) in [6, 6.07) is 5.42. The van der Waals surface area contributed by atoms with E-state index in [0.29, 0.717) is 18.0 Å². The molecule has 0 spiro atoms. The molecule has 1 unspecified atom stereocenters. The van der Waals surface area contributed by atoms with Gasteiger partial charge in [-0.05, 0) is 36.3 Å². The Labute approximate surface area is 124 Å². The third kappa shape index (κ3) is 3.86. The molecule has 0 saturated heterocycles. The zero-order valence-corrected chi connectivity index (χ0v) is 12.2. The predicted octanol–water partition coefficient (Wildman–Crippen LogP) is 1.82. The highest BCUT2D eigenvalue weighted by Gasteiger charge is 2.19. The van der Waals surface area contributed by atoms with Crippen LogP contribution in [0.4, 0.5) is 0 Å². The summed E-state index contributed by atoms with van der Waals surface area (Å²) < 4.78 is 10.4. The lowest BCUT2D eigenvalue weighted by molar-refractivity contribution is -0.133. The van der Waals surface area contributed by atoms with Crippen LogP contribution < -0.4 is 9.47 Å². The number of carbonyl (C=O) groups is 1. The average Bonchev–Trinajstić information content (AvgIpc) is 2.52. The first kappa shape index (κ1) is 15.1. The van der Waals surface area contributed by atoms with Crippen molar-refractivity contribution < 1.29 is 19.4 Å². The van der Waals surface area contributed by atoms with Crippen LogP contribution in [-0.4, -0.2) is 42.9 Å². The van der Waals surface area contributed by atoms with E-state index in [-0.39, 0.29) is 5.91 Å². The molecule has 0 saturated carbocycles. The van der Waals surface area contributed by atoms with E-state index >= 15 is 0 Å². The van der Waals surface area contributed by atoms with Gasteiger partial charge in [-0.2, -0.15) is 0 Å². The molecule has 1 amide bonds. The minimum atomic E-state index is -0.945. The summed E-state index contributed by atoms with van der Waals surface area (Å²) in [6.45, 7) is 0.516. The van der Waals surface area contributed by atoms with Gasteiger partial charge in [0.15, 0.2) is 0 Å². The Morgan fingerprint density at radius 3 is 2.48 bits per heavy atom. The molecule has 2 rings (SSSR count). The number of methoxy groups -OCH3 is 2. The Bertz CT molecular complexity index is 543. The van der Waals surface area contributed by atoms with E-state index in [2.05, 4.69) is 0 Å². The molecule has 112 valence electrons. The fourth-order valence-corrected chi connectivity index (χ4v) is 2.09. The second kappa shape index (κ2) is 6.95. The van der Waals surface area contributed by atoms with E-state index in [9.17, 15) is 9.90 Å². The molecule has 1 heterocycles. The second-order valence-electron chi connectivity index (χ2n) is 4.64. The summed E-state index contributed by atoms with van der Waals surface area (Å²) in [6.07, 6.45) is 6.41. The molecule has 0 fully saturated rings. The van der Waals surface area contributed by atoms with Crippen LogP contribution in [0.15, 0.2) is 36.4 Å². The van der Waals surface area contributed by atoms with Crippen LogP contribution in [0.1, 0.15) is 12.0 Å². The van der Waals surface area contributed by atoms with Crippen molar-refractivity contribution in [1.82, 2.24) is 4.90 Å². The highest BCUT2D eigenvalue weighted by molar-refractivity contribution is 5.88. The number of aliphatic hydroxyl groups excluding tert-OH is 1. The van der Waals surface area contributed by atoms with E-state index in [1.54, 1.807) is 32.4 Å². The van der Waals surface area contributed by atoms with Gasteiger partial charge in [-0.25, -0.2) is 0 Å². The molecule has 1 aliphatic rings. The van der Waals surface area contributed by atoms with E-state index in [4.69, 9.17) is 9.47 Å². The lowest BCUT2D eigenvalue weighted by Gasteiger charge is -2.26. The van der Waals surface area contributed by atoms with Gasteiger partial charge < -0.3 is 19.5 Å². The molecule has 1 aliphatic heterocycles. The third-order valence-electron chi connectivity index (χ3n) is 3.23. The molecule has 1 N–H and O–H groups in total. The highest BCUT2D eigenvalue weighted by atomic mass is 16.5. The summed E-state index contributed by atoms with van der Waals surface area (Å²) in [5.74, 6) is 1.16. The van der Waals surface area contributed by atoms with Crippen molar-refractivity contribution >= 4 is 12.0 Å². The molecule has 5 heteroatoms. The maximum absolute atomic E-state index is 11.7. The lowest BCUT2D eigenvalue weighted by atomic mass is 10.1. The molecule has 0 aliphatic carbocycles. The van der Waals surface area contributed by atoms with E-state index in [1.165, 1.54) is 11.0 Å². The average molecular weight is 289 g/mol. The largest absolute Gasteiger partial charge is 0.497 e.